The molecule has 0 amide bonds. The van der Waals surface area contributed by atoms with Crippen LogP contribution >= 0.6 is 27.3 Å². The number of benzene rings is 1. The average Bonchev–Trinajstić information content (AvgIpc) is 3.06. The Morgan fingerprint density at radius 3 is 2.89 bits per heavy atom. The molecule has 1 atom stereocenters. The van der Waals surface area contributed by atoms with Crippen molar-refractivity contribution in [2.24, 2.45) is 11.7 Å². The summed E-state index contributed by atoms with van der Waals surface area (Å²) in [6.45, 7) is 0. The molecule has 1 saturated carbocycles. The van der Waals surface area contributed by atoms with E-state index >= 15 is 0 Å². The Balaban J connectivity index is 1.74. The molecule has 3 heteroatoms. The van der Waals surface area contributed by atoms with E-state index in [0.29, 0.717) is 0 Å². The largest absolute Gasteiger partial charge is 0.324 e. The minimum absolute atomic E-state index is 0.198. The Morgan fingerprint density at radius 2 is 2.11 bits per heavy atom. The third kappa shape index (κ3) is 2.88. The topological polar surface area (TPSA) is 26.0 Å². The monoisotopic (exact) mass is 337 g/mol. The standard InChI is InChI=1S/C16H20BrNS/c17-14-7-3-6-12-13(10-19-16(12)14)15(18)9-8-11-4-1-2-5-11/h3,6-7,10-11,15H,1-2,4-5,8-9,18H2. The maximum Gasteiger partial charge on any atom is 0.0488 e. The van der Waals surface area contributed by atoms with E-state index in [1.165, 1.54) is 52.2 Å². The zero-order valence-corrected chi connectivity index (χ0v) is 13.5. The van der Waals surface area contributed by atoms with Gasteiger partial charge in [-0.15, -0.1) is 11.3 Å². The summed E-state index contributed by atoms with van der Waals surface area (Å²) >= 11 is 5.42. The summed E-state index contributed by atoms with van der Waals surface area (Å²) in [5.41, 5.74) is 7.76. The first-order valence-corrected chi connectivity index (χ1v) is 8.84. The van der Waals surface area contributed by atoms with Crippen LogP contribution in [0.2, 0.25) is 0 Å². The summed E-state index contributed by atoms with van der Waals surface area (Å²) in [5, 5.41) is 3.58. The Morgan fingerprint density at radius 1 is 1.32 bits per heavy atom. The maximum absolute atomic E-state index is 6.43. The SMILES string of the molecule is NC(CCC1CCCC1)c1csc2c(Br)cccc12. The summed E-state index contributed by atoms with van der Waals surface area (Å²) in [4.78, 5) is 0. The molecule has 1 aliphatic carbocycles. The Bertz CT molecular complexity index is 557. The Labute approximate surface area is 127 Å². The van der Waals surface area contributed by atoms with Gasteiger partial charge in [-0.1, -0.05) is 37.8 Å². The Hall–Kier alpha value is -0.380. The van der Waals surface area contributed by atoms with Crippen LogP contribution in [-0.2, 0) is 0 Å². The fraction of sp³-hybridized carbons (Fsp3) is 0.500. The zero-order chi connectivity index (χ0) is 13.2. The normalized spacial score (nSPS) is 18.2. The maximum atomic E-state index is 6.43. The predicted molar refractivity (Wildman–Crippen MR) is 87.6 cm³/mol. The summed E-state index contributed by atoms with van der Waals surface area (Å²) in [6, 6.07) is 6.60. The van der Waals surface area contributed by atoms with Gasteiger partial charge in [0, 0.05) is 15.2 Å². The van der Waals surface area contributed by atoms with E-state index in [4.69, 9.17) is 5.73 Å². The van der Waals surface area contributed by atoms with Crippen molar-refractivity contribution in [3.05, 3.63) is 33.6 Å². The second-order valence-electron chi connectivity index (χ2n) is 5.64. The van der Waals surface area contributed by atoms with E-state index in [-0.39, 0.29) is 6.04 Å². The van der Waals surface area contributed by atoms with E-state index in [0.717, 1.165) is 12.3 Å². The molecule has 1 fully saturated rings. The highest BCUT2D eigenvalue weighted by molar-refractivity contribution is 9.10. The first kappa shape index (κ1) is 13.6. The molecular weight excluding hydrogens is 318 g/mol. The first-order valence-electron chi connectivity index (χ1n) is 7.17. The lowest BCUT2D eigenvalue weighted by Crippen LogP contribution is -2.11. The minimum atomic E-state index is 0.198. The van der Waals surface area contributed by atoms with Crippen LogP contribution in [0.5, 0.6) is 0 Å². The zero-order valence-electron chi connectivity index (χ0n) is 11.1. The van der Waals surface area contributed by atoms with Crippen LogP contribution in [0.25, 0.3) is 10.1 Å². The molecule has 3 rings (SSSR count). The van der Waals surface area contributed by atoms with Gasteiger partial charge in [-0.2, -0.15) is 0 Å². The van der Waals surface area contributed by atoms with Crippen molar-refractivity contribution in [2.45, 2.75) is 44.6 Å². The molecule has 0 bridgehead atoms. The molecular formula is C16H20BrNS. The summed E-state index contributed by atoms with van der Waals surface area (Å²) in [6.07, 6.45) is 8.11. The quantitative estimate of drug-likeness (QED) is 0.768. The number of thiophene rings is 1. The number of halogens is 1. The number of fused-ring (bicyclic) bond motifs is 1. The molecule has 1 aromatic carbocycles. The third-order valence-corrected chi connectivity index (χ3v) is 6.31. The van der Waals surface area contributed by atoms with E-state index in [2.05, 4.69) is 39.5 Å². The minimum Gasteiger partial charge on any atom is -0.324 e. The molecule has 19 heavy (non-hydrogen) atoms. The Kier molecular flexibility index (Phi) is 4.25. The van der Waals surface area contributed by atoms with E-state index in [9.17, 15) is 0 Å². The first-order chi connectivity index (χ1) is 9.25. The lowest BCUT2D eigenvalue weighted by atomic mass is 9.95. The van der Waals surface area contributed by atoms with Crippen molar-refractivity contribution < 1.29 is 0 Å². The smallest absolute Gasteiger partial charge is 0.0488 e. The van der Waals surface area contributed by atoms with Crippen molar-refractivity contribution in [3.63, 3.8) is 0 Å². The van der Waals surface area contributed by atoms with Gasteiger partial charge in [0.2, 0.25) is 0 Å². The van der Waals surface area contributed by atoms with Crippen LogP contribution in [0.15, 0.2) is 28.1 Å². The van der Waals surface area contributed by atoms with Gasteiger partial charge >= 0.3 is 0 Å². The van der Waals surface area contributed by atoms with E-state index < -0.39 is 0 Å². The van der Waals surface area contributed by atoms with Gasteiger partial charge in [-0.25, -0.2) is 0 Å². The van der Waals surface area contributed by atoms with Crippen LogP contribution in [0.3, 0.4) is 0 Å². The molecule has 2 N–H and O–H groups in total. The van der Waals surface area contributed by atoms with Gasteiger partial charge in [0.25, 0.3) is 0 Å². The number of hydrogen-bond acceptors (Lipinski definition) is 2. The number of hydrogen-bond donors (Lipinski definition) is 1. The molecule has 1 aromatic heterocycles. The molecule has 0 aliphatic heterocycles. The van der Waals surface area contributed by atoms with Crippen LogP contribution in [0.1, 0.15) is 50.1 Å². The van der Waals surface area contributed by atoms with Gasteiger partial charge in [0.1, 0.15) is 0 Å². The predicted octanol–water partition coefficient (Wildman–Crippen LogP) is 5.63. The van der Waals surface area contributed by atoms with Crippen molar-refractivity contribution in [3.8, 4) is 0 Å². The van der Waals surface area contributed by atoms with Gasteiger partial charge in [0.05, 0.1) is 0 Å². The van der Waals surface area contributed by atoms with Gasteiger partial charge in [0.15, 0.2) is 0 Å². The fourth-order valence-electron chi connectivity index (χ4n) is 3.20. The van der Waals surface area contributed by atoms with Crippen molar-refractivity contribution in [1.29, 1.82) is 0 Å². The molecule has 0 saturated heterocycles. The highest BCUT2D eigenvalue weighted by atomic mass is 79.9. The van der Waals surface area contributed by atoms with Crippen molar-refractivity contribution >= 4 is 37.4 Å². The fourth-order valence-corrected chi connectivity index (χ4v) is 4.89. The van der Waals surface area contributed by atoms with Crippen molar-refractivity contribution in [1.82, 2.24) is 0 Å². The molecule has 1 nitrogen and oxygen atoms in total. The van der Waals surface area contributed by atoms with Gasteiger partial charge in [-0.05, 0) is 57.1 Å². The highest BCUT2D eigenvalue weighted by Gasteiger charge is 2.18. The summed E-state index contributed by atoms with van der Waals surface area (Å²) in [7, 11) is 0. The summed E-state index contributed by atoms with van der Waals surface area (Å²) < 4.78 is 2.51. The van der Waals surface area contributed by atoms with Crippen LogP contribution in [-0.4, -0.2) is 0 Å². The van der Waals surface area contributed by atoms with Crippen molar-refractivity contribution in [2.75, 3.05) is 0 Å². The van der Waals surface area contributed by atoms with Crippen LogP contribution < -0.4 is 5.73 Å². The second-order valence-corrected chi connectivity index (χ2v) is 7.38. The molecule has 1 heterocycles. The highest BCUT2D eigenvalue weighted by Crippen LogP contribution is 2.37. The molecule has 2 aromatic rings. The molecule has 0 radical (unpaired) electrons. The van der Waals surface area contributed by atoms with Gasteiger partial charge in [-0.3, -0.25) is 0 Å². The molecule has 1 unspecified atom stereocenters. The van der Waals surface area contributed by atoms with Crippen LogP contribution in [0, 0.1) is 5.92 Å². The van der Waals surface area contributed by atoms with E-state index in [1.807, 2.05) is 0 Å². The van der Waals surface area contributed by atoms with E-state index in [1.54, 1.807) is 11.3 Å². The van der Waals surface area contributed by atoms with Gasteiger partial charge < -0.3 is 5.73 Å². The molecule has 1 aliphatic rings. The lowest BCUT2D eigenvalue weighted by Gasteiger charge is -2.14. The molecule has 0 spiro atoms. The molecule has 102 valence electrons. The second kappa shape index (κ2) is 5.94. The third-order valence-electron chi connectivity index (χ3n) is 4.34. The summed E-state index contributed by atoms with van der Waals surface area (Å²) in [5.74, 6) is 0.933. The van der Waals surface area contributed by atoms with Crippen LogP contribution in [0.4, 0.5) is 0 Å². The number of nitrogens with two attached hydrogens (primary N) is 1. The average molecular weight is 338 g/mol. The number of rotatable bonds is 4. The lowest BCUT2D eigenvalue weighted by molar-refractivity contribution is 0.455.